The lowest BCUT2D eigenvalue weighted by molar-refractivity contribution is 0.101. The number of nitrogens with zero attached hydrogens (tertiary/aromatic N) is 2. The van der Waals surface area contributed by atoms with Gasteiger partial charge in [0.15, 0.2) is 17.3 Å². The number of hydrogen-bond donors (Lipinski definition) is 1. The van der Waals surface area contributed by atoms with Crippen LogP contribution in [0.4, 0.5) is 14.5 Å². The van der Waals surface area contributed by atoms with Crippen LogP contribution in [0.15, 0.2) is 22.8 Å². The van der Waals surface area contributed by atoms with E-state index in [1.165, 1.54) is 13.0 Å². The summed E-state index contributed by atoms with van der Waals surface area (Å²) < 4.78 is 29.9. The van der Waals surface area contributed by atoms with Crippen molar-refractivity contribution in [3.63, 3.8) is 0 Å². The van der Waals surface area contributed by atoms with Crippen LogP contribution in [-0.4, -0.2) is 16.2 Å². The number of carbonyl (C=O) groups excluding carboxylic acids is 1. The Bertz CT molecular complexity index is 568. The van der Waals surface area contributed by atoms with Crippen molar-refractivity contribution in [2.75, 3.05) is 5.32 Å². The Kier molecular flexibility index (Phi) is 2.82. The molecule has 0 unspecified atom stereocenters. The molecule has 0 aliphatic heterocycles. The van der Waals surface area contributed by atoms with Crippen molar-refractivity contribution < 1.29 is 18.2 Å². The topological polar surface area (TPSA) is 68.0 Å². The standard InChI is InChI=1S/C10H7F2N3O2/c1-5-9(15-17-14-5)10(16)13-6-2-3-7(11)8(12)4-6/h2-4H,1H3,(H,13,16). The van der Waals surface area contributed by atoms with Gasteiger partial charge in [-0.3, -0.25) is 4.79 Å². The summed E-state index contributed by atoms with van der Waals surface area (Å²) in [6, 6.07) is 3.02. The third kappa shape index (κ3) is 2.27. The van der Waals surface area contributed by atoms with Gasteiger partial charge in [0.1, 0.15) is 5.69 Å². The highest BCUT2D eigenvalue weighted by Crippen LogP contribution is 2.14. The van der Waals surface area contributed by atoms with Gasteiger partial charge < -0.3 is 5.32 Å². The predicted molar refractivity (Wildman–Crippen MR) is 53.3 cm³/mol. The Morgan fingerprint density at radius 2 is 2.06 bits per heavy atom. The van der Waals surface area contributed by atoms with E-state index in [0.29, 0.717) is 5.69 Å². The molecule has 1 aromatic carbocycles. The molecule has 0 saturated heterocycles. The third-order valence-corrected chi connectivity index (χ3v) is 2.05. The van der Waals surface area contributed by atoms with Gasteiger partial charge in [-0.2, -0.15) is 0 Å². The van der Waals surface area contributed by atoms with Gasteiger partial charge in [0.05, 0.1) is 0 Å². The highest BCUT2D eigenvalue weighted by atomic mass is 19.2. The SMILES string of the molecule is Cc1nonc1C(=O)Nc1ccc(F)c(F)c1. The molecule has 0 radical (unpaired) electrons. The molecule has 7 heteroatoms. The van der Waals surface area contributed by atoms with E-state index in [-0.39, 0.29) is 11.4 Å². The molecule has 1 N–H and O–H groups in total. The average molecular weight is 239 g/mol. The minimum Gasteiger partial charge on any atom is -0.320 e. The smallest absolute Gasteiger partial charge is 0.279 e. The molecule has 0 atom stereocenters. The van der Waals surface area contributed by atoms with Crippen molar-refractivity contribution in [3.05, 3.63) is 41.2 Å². The molecule has 1 aromatic heterocycles. The summed E-state index contributed by atoms with van der Waals surface area (Å²) in [5.41, 5.74) is 0.427. The van der Waals surface area contributed by atoms with Crippen LogP contribution in [0.25, 0.3) is 0 Å². The number of carbonyl (C=O) groups is 1. The zero-order chi connectivity index (χ0) is 12.4. The van der Waals surface area contributed by atoms with Gasteiger partial charge in [-0.1, -0.05) is 5.16 Å². The Labute approximate surface area is 94.4 Å². The molecule has 5 nitrogen and oxygen atoms in total. The maximum Gasteiger partial charge on any atom is 0.279 e. The van der Waals surface area contributed by atoms with Crippen molar-refractivity contribution in [2.45, 2.75) is 6.92 Å². The van der Waals surface area contributed by atoms with Gasteiger partial charge in [-0.25, -0.2) is 13.4 Å². The number of aromatic nitrogens is 2. The maximum absolute atomic E-state index is 12.9. The molecule has 1 amide bonds. The molecule has 0 aliphatic rings. The van der Waals surface area contributed by atoms with Gasteiger partial charge in [-0.15, -0.1) is 0 Å². The van der Waals surface area contributed by atoms with Crippen molar-refractivity contribution in [2.24, 2.45) is 0 Å². The van der Waals surface area contributed by atoms with E-state index in [4.69, 9.17) is 0 Å². The molecule has 0 spiro atoms. The largest absolute Gasteiger partial charge is 0.320 e. The van der Waals surface area contributed by atoms with Crippen LogP contribution in [-0.2, 0) is 0 Å². The maximum atomic E-state index is 12.9. The molecule has 88 valence electrons. The summed E-state index contributed by atoms with van der Waals surface area (Å²) in [4.78, 5) is 11.6. The molecule has 1 heterocycles. The van der Waals surface area contributed by atoms with Gasteiger partial charge in [0.25, 0.3) is 5.91 Å². The first-order valence-corrected chi connectivity index (χ1v) is 4.63. The van der Waals surface area contributed by atoms with Crippen molar-refractivity contribution >= 4 is 11.6 Å². The number of benzene rings is 1. The lowest BCUT2D eigenvalue weighted by Gasteiger charge is -2.03. The fourth-order valence-corrected chi connectivity index (χ4v) is 1.20. The first-order chi connectivity index (χ1) is 8.08. The third-order valence-electron chi connectivity index (χ3n) is 2.05. The van der Waals surface area contributed by atoms with Gasteiger partial charge in [0.2, 0.25) is 0 Å². The number of halogens is 2. The lowest BCUT2D eigenvalue weighted by atomic mass is 10.2. The van der Waals surface area contributed by atoms with Crippen LogP contribution in [0, 0.1) is 18.6 Å². The quantitative estimate of drug-likeness (QED) is 0.869. The first-order valence-electron chi connectivity index (χ1n) is 4.63. The summed E-state index contributed by atoms with van der Waals surface area (Å²) in [7, 11) is 0. The Hall–Kier alpha value is -2.31. The van der Waals surface area contributed by atoms with Crippen molar-refractivity contribution in [1.82, 2.24) is 10.3 Å². The number of aryl methyl sites for hydroxylation is 1. The van der Waals surface area contributed by atoms with E-state index in [1.807, 2.05) is 0 Å². The second kappa shape index (κ2) is 4.28. The molecular weight excluding hydrogens is 232 g/mol. The fourth-order valence-electron chi connectivity index (χ4n) is 1.20. The molecule has 2 aromatic rings. The average Bonchev–Trinajstić information content (AvgIpc) is 2.70. The molecule has 0 fully saturated rings. The zero-order valence-corrected chi connectivity index (χ0v) is 8.70. The van der Waals surface area contributed by atoms with Crippen LogP contribution in [0.3, 0.4) is 0 Å². The Morgan fingerprint density at radius 3 is 2.65 bits per heavy atom. The molecule has 17 heavy (non-hydrogen) atoms. The fraction of sp³-hybridized carbons (Fsp3) is 0.100. The van der Waals surface area contributed by atoms with E-state index < -0.39 is 17.5 Å². The van der Waals surface area contributed by atoms with Crippen molar-refractivity contribution in [3.8, 4) is 0 Å². The van der Waals surface area contributed by atoms with E-state index >= 15 is 0 Å². The van der Waals surface area contributed by atoms with Crippen LogP contribution < -0.4 is 5.32 Å². The summed E-state index contributed by atoms with van der Waals surface area (Å²) >= 11 is 0. The Balaban J connectivity index is 2.19. The summed E-state index contributed by atoms with van der Waals surface area (Å²) in [6.45, 7) is 1.54. The monoisotopic (exact) mass is 239 g/mol. The highest BCUT2D eigenvalue weighted by Gasteiger charge is 2.15. The first kappa shape index (κ1) is 11.2. The molecule has 0 bridgehead atoms. The normalized spacial score (nSPS) is 10.3. The van der Waals surface area contributed by atoms with E-state index in [0.717, 1.165) is 12.1 Å². The molecule has 2 rings (SSSR count). The second-order valence-corrected chi connectivity index (χ2v) is 3.28. The van der Waals surface area contributed by atoms with Crippen LogP contribution in [0.5, 0.6) is 0 Å². The molecule has 0 aliphatic carbocycles. The summed E-state index contributed by atoms with van der Waals surface area (Å²) in [5, 5.41) is 9.16. The molecular formula is C10H7F2N3O2. The number of nitrogens with one attached hydrogen (secondary N) is 1. The summed E-state index contributed by atoms with van der Waals surface area (Å²) in [6.07, 6.45) is 0. The Morgan fingerprint density at radius 1 is 1.29 bits per heavy atom. The number of amides is 1. The van der Waals surface area contributed by atoms with E-state index in [1.54, 1.807) is 0 Å². The van der Waals surface area contributed by atoms with E-state index in [9.17, 15) is 13.6 Å². The van der Waals surface area contributed by atoms with Gasteiger partial charge in [-0.05, 0) is 24.2 Å². The highest BCUT2D eigenvalue weighted by molar-refractivity contribution is 6.03. The van der Waals surface area contributed by atoms with Gasteiger partial charge >= 0.3 is 0 Å². The van der Waals surface area contributed by atoms with Crippen LogP contribution in [0.1, 0.15) is 16.2 Å². The lowest BCUT2D eigenvalue weighted by Crippen LogP contribution is -2.13. The molecule has 0 saturated carbocycles. The number of rotatable bonds is 2. The van der Waals surface area contributed by atoms with Gasteiger partial charge in [0, 0.05) is 11.8 Å². The predicted octanol–water partition coefficient (Wildman–Crippen LogP) is 1.91. The number of anilines is 1. The van der Waals surface area contributed by atoms with E-state index in [2.05, 4.69) is 20.3 Å². The van der Waals surface area contributed by atoms with Crippen LogP contribution >= 0.6 is 0 Å². The zero-order valence-electron chi connectivity index (χ0n) is 8.70. The minimum atomic E-state index is -1.04. The van der Waals surface area contributed by atoms with Crippen LogP contribution in [0.2, 0.25) is 0 Å². The second-order valence-electron chi connectivity index (χ2n) is 3.28. The summed E-state index contributed by atoms with van der Waals surface area (Å²) in [5.74, 6) is -2.63. The van der Waals surface area contributed by atoms with Crippen molar-refractivity contribution in [1.29, 1.82) is 0 Å². The minimum absolute atomic E-state index is 0.00488. The number of hydrogen-bond acceptors (Lipinski definition) is 4.